The van der Waals surface area contributed by atoms with Crippen molar-refractivity contribution >= 4 is 44.2 Å². The molecular formula is C21H23N3O2S. The quantitative estimate of drug-likeness (QED) is 0.610. The second-order valence-corrected chi connectivity index (χ2v) is 7.57. The molecule has 6 heteroatoms. The molecule has 2 aromatic carbocycles. The molecule has 0 saturated heterocycles. The number of thiazole rings is 1. The number of carbonyl (C=O) groups is 2. The van der Waals surface area contributed by atoms with Gasteiger partial charge in [0.15, 0.2) is 5.13 Å². The maximum Gasteiger partial charge on any atom is 0.226 e. The molecule has 0 aliphatic rings. The molecule has 0 saturated carbocycles. The number of aryl methyl sites for hydroxylation is 2. The van der Waals surface area contributed by atoms with Crippen LogP contribution in [-0.4, -0.2) is 16.8 Å². The van der Waals surface area contributed by atoms with E-state index in [9.17, 15) is 9.59 Å². The summed E-state index contributed by atoms with van der Waals surface area (Å²) < 4.78 is 1.01. The Morgan fingerprint density at radius 1 is 1.04 bits per heavy atom. The molecule has 2 N–H and O–H groups in total. The van der Waals surface area contributed by atoms with Crippen LogP contribution < -0.4 is 10.6 Å². The van der Waals surface area contributed by atoms with Crippen molar-refractivity contribution in [2.45, 2.75) is 39.5 Å². The van der Waals surface area contributed by atoms with E-state index in [1.807, 2.05) is 56.3 Å². The predicted molar refractivity (Wildman–Crippen MR) is 111 cm³/mol. The number of hydrogen-bond donors (Lipinski definition) is 2. The van der Waals surface area contributed by atoms with Crippen LogP contribution in [0.3, 0.4) is 0 Å². The molecular weight excluding hydrogens is 358 g/mol. The number of aromatic nitrogens is 1. The predicted octanol–water partition coefficient (Wildman–Crippen LogP) is 4.91. The topological polar surface area (TPSA) is 71.1 Å². The van der Waals surface area contributed by atoms with Gasteiger partial charge in [0.1, 0.15) is 0 Å². The van der Waals surface area contributed by atoms with E-state index in [2.05, 4.69) is 15.6 Å². The minimum atomic E-state index is -0.00963. The fraction of sp³-hybridized carbons (Fsp3) is 0.286. The molecule has 0 aliphatic carbocycles. The number of anilines is 2. The minimum Gasteiger partial charge on any atom is -0.326 e. The number of benzene rings is 2. The Labute approximate surface area is 162 Å². The third-order valence-corrected chi connectivity index (χ3v) is 5.05. The highest BCUT2D eigenvalue weighted by Crippen LogP contribution is 2.27. The fourth-order valence-corrected chi connectivity index (χ4v) is 3.74. The first kappa shape index (κ1) is 19.0. The maximum absolute atomic E-state index is 12.2. The molecule has 0 spiro atoms. The van der Waals surface area contributed by atoms with Gasteiger partial charge in [0.25, 0.3) is 0 Å². The van der Waals surface area contributed by atoms with Crippen LogP contribution in [0.25, 0.3) is 10.2 Å². The van der Waals surface area contributed by atoms with Crippen LogP contribution in [0.1, 0.15) is 37.3 Å². The molecule has 0 radical (unpaired) electrons. The Bertz CT molecular complexity index is 965. The lowest BCUT2D eigenvalue weighted by Crippen LogP contribution is -2.12. The van der Waals surface area contributed by atoms with Crippen molar-refractivity contribution in [3.63, 3.8) is 0 Å². The highest BCUT2D eigenvalue weighted by Gasteiger charge is 2.09. The maximum atomic E-state index is 12.2. The number of nitrogens with one attached hydrogen (secondary N) is 2. The largest absolute Gasteiger partial charge is 0.326 e. The summed E-state index contributed by atoms with van der Waals surface area (Å²) in [6.45, 7) is 3.97. The van der Waals surface area contributed by atoms with Gasteiger partial charge in [-0.1, -0.05) is 36.5 Å². The molecule has 2 amide bonds. The van der Waals surface area contributed by atoms with Crippen molar-refractivity contribution in [2.24, 2.45) is 0 Å². The van der Waals surface area contributed by atoms with Crippen LogP contribution in [0, 0.1) is 6.92 Å². The van der Waals surface area contributed by atoms with Crippen molar-refractivity contribution in [3.8, 4) is 0 Å². The van der Waals surface area contributed by atoms with Crippen molar-refractivity contribution in [3.05, 3.63) is 53.6 Å². The first-order chi connectivity index (χ1) is 13.0. The Morgan fingerprint density at radius 3 is 2.63 bits per heavy atom. The number of nitrogens with zero attached hydrogens (tertiary/aromatic N) is 1. The van der Waals surface area contributed by atoms with E-state index in [4.69, 9.17) is 0 Å². The van der Waals surface area contributed by atoms with Gasteiger partial charge in [-0.05, 0) is 55.2 Å². The lowest BCUT2D eigenvalue weighted by atomic mass is 10.1. The number of fused-ring (bicyclic) bond motifs is 1. The van der Waals surface area contributed by atoms with Crippen LogP contribution in [-0.2, 0) is 16.0 Å². The Kier molecular flexibility index (Phi) is 6.19. The second-order valence-electron chi connectivity index (χ2n) is 6.54. The van der Waals surface area contributed by atoms with Crippen molar-refractivity contribution in [1.29, 1.82) is 0 Å². The highest BCUT2D eigenvalue weighted by atomic mass is 32.1. The van der Waals surface area contributed by atoms with Gasteiger partial charge < -0.3 is 10.6 Å². The SMILES string of the molecule is CCCC(=O)Nc1nc2ccc(CCC(=O)Nc3cccc(C)c3)cc2s1. The molecule has 27 heavy (non-hydrogen) atoms. The number of rotatable bonds is 7. The molecule has 0 fully saturated rings. The Balaban J connectivity index is 1.60. The van der Waals surface area contributed by atoms with E-state index in [1.165, 1.54) is 11.3 Å². The van der Waals surface area contributed by atoms with E-state index < -0.39 is 0 Å². The third-order valence-electron chi connectivity index (χ3n) is 4.12. The summed E-state index contributed by atoms with van der Waals surface area (Å²) in [6, 6.07) is 13.7. The fourth-order valence-electron chi connectivity index (χ4n) is 2.79. The van der Waals surface area contributed by atoms with E-state index in [0.717, 1.165) is 33.5 Å². The van der Waals surface area contributed by atoms with Gasteiger partial charge in [-0.3, -0.25) is 9.59 Å². The first-order valence-corrected chi connectivity index (χ1v) is 9.91. The van der Waals surface area contributed by atoms with E-state index in [-0.39, 0.29) is 11.8 Å². The summed E-state index contributed by atoms with van der Waals surface area (Å²) in [6.07, 6.45) is 2.38. The zero-order chi connectivity index (χ0) is 19.2. The lowest BCUT2D eigenvalue weighted by Gasteiger charge is -2.06. The number of hydrogen-bond acceptors (Lipinski definition) is 4. The van der Waals surface area contributed by atoms with Gasteiger partial charge in [-0.15, -0.1) is 0 Å². The summed E-state index contributed by atoms with van der Waals surface area (Å²) in [5.41, 5.74) is 3.88. The Hall–Kier alpha value is -2.73. The second kappa shape index (κ2) is 8.77. The molecule has 0 atom stereocenters. The summed E-state index contributed by atoms with van der Waals surface area (Å²) in [4.78, 5) is 28.3. The number of amides is 2. The van der Waals surface area contributed by atoms with Crippen LogP contribution in [0.15, 0.2) is 42.5 Å². The molecule has 3 rings (SSSR count). The third kappa shape index (κ3) is 5.37. The zero-order valence-corrected chi connectivity index (χ0v) is 16.4. The van der Waals surface area contributed by atoms with Crippen LogP contribution in [0.5, 0.6) is 0 Å². The first-order valence-electron chi connectivity index (χ1n) is 9.09. The van der Waals surface area contributed by atoms with Crippen molar-refractivity contribution in [1.82, 2.24) is 4.98 Å². The smallest absolute Gasteiger partial charge is 0.226 e. The van der Waals surface area contributed by atoms with Crippen LogP contribution in [0.2, 0.25) is 0 Å². The molecule has 5 nitrogen and oxygen atoms in total. The average Bonchev–Trinajstić information content (AvgIpc) is 3.01. The molecule has 1 heterocycles. The lowest BCUT2D eigenvalue weighted by molar-refractivity contribution is -0.117. The highest BCUT2D eigenvalue weighted by molar-refractivity contribution is 7.22. The normalized spacial score (nSPS) is 10.7. The number of carbonyl (C=O) groups excluding carboxylic acids is 2. The van der Waals surface area contributed by atoms with E-state index in [1.54, 1.807) is 0 Å². The van der Waals surface area contributed by atoms with Gasteiger partial charge in [-0.2, -0.15) is 0 Å². The molecule has 140 valence electrons. The molecule has 1 aromatic heterocycles. The average molecular weight is 382 g/mol. The standard InChI is InChI=1S/C21H23N3O2S/c1-3-5-19(25)24-21-23-17-10-8-15(13-18(17)27-21)9-11-20(26)22-16-7-4-6-14(2)12-16/h4,6-8,10,12-13H,3,5,9,11H2,1-2H3,(H,22,26)(H,23,24,25). The summed E-state index contributed by atoms with van der Waals surface area (Å²) in [7, 11) is 0. The van der Waals surface area contributed by atoms with Crippen LogP contribution in [0.4, 0.5) is 10.8 Å². The van der Waals surface area contributed by atoms with Crippen molar-refractivity contribution in [2.75, 3.05) is 10.6 Å². The van der Waals surface area contributed by atoms with Gasteiger partial charge in [0.2, 0.25) is 11.8 Å². The molecule has 0 aliphatic heterocycles. The van der Waals surface area contributed by atoms with Crippen LogP contribution >= 0.6 is 11.3 Å². The monoisotopic (exact) mass is 381 g/mol. The van der Waals surface area contributed by atoms with Gasteiger partial charge >= 0.3 is 0 Å². The van der Waals surface area contributed by atoms with E-state index in [0.29, 0.717) is 24.4 Å². The molecule has 0 bridgehead atoms. The van der Waals surface area contributed by atoms with Gasteiger partial charge in [-0.25, -0.2) is 4.98 Å². The molecule has 0 unspecified atom stereocenters. The summed E-state index contributed by atoms with van der Waals surface area (Å²) in [5, 5.41) is 6.39. The zero-order valence-electron chi connectivity index (χ0n) is 15.5. The van der Waals surface area contributed by atoms with Crippen molar-refractivity contribution < 1.29 is 9.59 Å². The van der Waals surface area contributed by atoms with Gasteiger partial charge in [0, 0.05) is 18.5 Å². The molecule has 3 aromatic rings. The minimum absolute atomic E-state index is 0.00230. The summed E-state index contributed by atoms with van der Waals surface area (Å²) >= 11 is 1.46. The van der Waals surface area contributed by atoms with E-state index >= 15 is 0 Å². The Morgan fingerprint density at radius 2 is 1.85 bits per heavy atom. The summed E-state index contributed by atoms with van der Waals surface area (Å²) in [5.74, 6) is -0.0119. The van der Waals surface area contributed by atoms with Gasteiger partial charge in [0.05, 0.1) is 10.2 Å².